The number of benzene rings is 2. The lowest BCUT2D eigenvalue weighted by Gasteiger charge is -2.39. The Balaban J connectivity index is 1.37. The second-order valence-electron chi connectivity index (χ2n) is 7.81. The zero-order valence-corrected chi connectivity index (χ0v) is 16.7. The van der Waals surface area contributed by atoms with Crippen LogP contribution in [0.2, 0.25) is 0 Å². The second-order valence-corrected chi connectivity index (χ2v) is 7.81. The Kier molecular flexibility index (Phi) is 5.92. The molecule has 0 saturated carbocycles. The van der Waals surface area contributed by atoms with Crippen LogP contribution in [-0.2, 0) is 16.0 Å². The molecule has 0 aromatic heterocycles. The summed E-state index contributed by atoms with van der Waals surface area (Å²) in [6.07, 6.45) is 2.04. The van der Waals surface area contributed by atoms with Crippen molar-refractivity contribution in [3.05, 3.63) is 65.7 Å². The van der Waals surface area contributed by atoms with Gasteiger partial charge in [0.25, 0.3) is 0 Å². The number of hydrogen-bond donors (Lipinski definition) is 1. The van der Waals surface area contributed by atoms with Crippen LogP contribution in [-0.4, -0.2) is 60.9 Å². The van der Waals surface area contributed by atoms with E-state index in [-0.39, 0.29) is 11.8 Å². The van der Waals surface area contributed by atoms with Crippen molar-refractivity contribution < 1.29 is 9.59 Å². The van der Waals surface area contributed by atoms with Gasteiger partial charge in [0, 0.05) is 38.4 Å². The van der Waals surface area contributed by atoms with Crippen LogP contribution in [0.4, 0.5) is 5.69 Å². The van der Waals surface area contributed by atoms with Crippen LogP contribution >= 0.6 is 0 Å². The lowest BCUT2D eigenvalue weighted by Crippen LogP contribution is -2.53. The minimum absolute atomic E-state index is 0.153. The van der Waals surface area contributed by atoms with E-state index >= 15 is 0 Å². The average molecular weight is 393 g/mol. The molecule has 1 atom stereocenters. The number of anilines is 1. The molecule has 2 aliphatic heterocycles. The van der Waals surface area contributed by atoms with Gasteiger partial charge in [-0.25, -0.2) is 0 Å². The first-order chi connectivity index (χ1) is 14.1. The first-order valence-corrected chi connectivity index (χ1v) is 10.3. The molecule has 0 aliphatic carbocycles. The van der Waals surface area contributed by atoms with Crippen molar-refractivity contribution in [2.24, 2.45) is 5.73 Å². The van der Waals surface area contributed by atoms with Crippen LogP contribution < -0.4 is 10.6 Å². The van der Waals surface area contributed by atoms with Crippen molar-refractivity contribution in [2.75, 3.05) is 44.2 Å². The summed E-state index contributed by atoms with van der Waals surface area (Å²) in [5, 5.41) is 0. The Hall–Kier alpha value is -2.70. The highest BCUT2D eigenvalue weighted by Gasteiger charge is 2.30. The highest BCUT2D eigenvalue weighted by Crippen LogP contribution is 2.27. The summed E-state index contributed by atoms with van der Waals surface area (Å²) in [5.41, 5.74) is 8.94. The highest BCUT2D eigenvalue weighted by atomic mass is 16.2. The maximum atomic E-state index is 13.0. The van der Waals surface area contributed by atoms with Gasteiger partial charge in [0.1, 0.15) is 6.04 Å². The van der Waals surface area contributed by atoms with Crippen molar-refractivity contribution in [2.45, 2.75) is 18.9 Å². The van der Waals surface area contributed by atoms with E-state index < -0.39 is 6.04 Å². The van der Waals surface area contributed by atoms with Crippen LogP contribution in [0.25, 0.3) is 0 Å². The summed E-state index contributed by atoms with van der Waals surface area (Å²) in [7, 11) is 0. The van der Waals surface area contributed by atoms with Gasteiger partial charge in [-0.3, -0.25) is 19.4 Å². The zero-order chi connectivity index (χ0) is 20.2. The third-order valence-electron chi connectivity index (χ3n) is 5.93. The fourth-order valence-electron chi connectivity index (χ4n) is 4.44. The molecule has 0 spiro atoms. The van der Waals surface area contributed by atoms with Crippen LogP contribution in [0.3, 0.4) is 0 Å². The molecule has 1 unspecified atom stereocenters. The molecule has 29 heavy (non-hydrogen) atoms. The van der Waals surface area contributed by atoms with Crippen LogP contribution in [0.15, 0.2) is 54.6 Å². The molecule has 1 saturated heterocycles. The molecule has 2 heterocycles. The van der Waals surface area contributed by atoms with Crippen molar-refractivity contribution in [3.63, 3.8) is 0 Å². The number of para-hydroxylation sites is 1. The molecular weight excluding hydrogens is 364 g/mol. The number of aryl methyl sites for hydroxylation is 1. The molecule has 1 fully saturated rings. The van der Waals surface area contributed by atoms with Crippen LogP contribution in [0.5, 0.6) is 0 Å². The molecule has 2 aliphatic rings. The van der Waals surface area contributed by atoms with Crippen LogP contribution in [0, 0.1) is 0 Å². The quantitative estimate of drug-likeness (QED) is 0.843. The lowest BCUT2D eigenvalue weighted by atomic mass is 10.0. The van der Waals surface area contributed by atoms with E-state index in [1.807, 2.05) is 53.4 Å². The monoisotopic (exact) mass is 392 g/mol. The molecule has 6 nitrogen and oxygen atoms in total. The van der Waals surface area contributed by atoms with Crippen molar-refractivity contribution >= 4 is 17.5 Å². The van der Waals surface area contributed by atoms with Gasteiger partial charge in [-0.1, -0.05) is 48.5 Å². The van der Waals surface area contributed by atoms with Gasteiger partial charge >= 0.3 is 0 Å². The van der Waals surface area contributed by atoms with E-state index in [0.29, 0.717) is 19.6 Å². The summed E-state index contributed by atoms with van der Waals surface area (Å²) in [4.78, 5) is 31.3. The molecule has 2 N–H and O–H groups in total. The predicted octanol–water partition coefficient (Wildman–Crippen LogP) is 1.81. The molecule has 0 bridgehead atoms. The number of primary amides is 1. The fourth-order valence-corrected chi connectivity index (χ4v) is 4.44. The van der Waals surface area contributed by atoms with E-state index in [9.17, 15) is 9.59 Å². The maximum Gasteiger partial charge on any atom is 0.241 e. The molecule has 2 aromatic carbocycles. The molecule has 152 valence electrons. The Labute approximate surface area is 171 Å². The Morgan fingerprint density at radius 1 is 0.897 bits per heavy atom. The Morgan fingerprint density at radius 3 is 2.31 bits per heavy atom. The molecular formula is C23H28N4O2. The van der Waals surface area contributed by atoms with Gasteiger partial charge in [-0.15, -0.1) is 0 Å². The average Bonchev–Trinajstić information content (AvgIpc) is 2.75. The van der Waals surface area contributed by atoms with Crippen molar-refractivity contribution in [1.82, 2.24) is 9.80 Å². The number of hydrogen-bond acceptors (Lipinski definition) is 4. The van der Waals surface area contributed by atoms with Crippen LogP contribution in [0.1, 0.15) is 23.6 Å². The summed E-state index contributed by atoms with van der Waals surface area (Å²) in [6.45, 7) is 4.12. The molecule has 6 heteroatoms. The molecule has 2 amide bonds. The van der Waals surface area contributed by atoms with Gasteiger partial charge in [0.05, 0.1) is 6.54 Å². The third-order valence-corrected chi connectivity index (χ3v) is 5.93. The van der Waals surface area contributed by atoms with E-state index in [1.165, 1.54) is 5.56 Å². The first-order valence-electron chi connectivity index (χ1n) is 10.3. The number of rotatable bonds is 5. The summed E-state index contributed by atoms with van der Waals surface area (Å²) in [5.74, 6) is -0.175. The smallest absolute Gasteiger partial charge is 0.241 e. The van der Waals surface area contributed by atoms with E-state index in [1.54, 1.807) is 0 Å². The van der Waals surface area contributed by atoms with Gasteiger partial charge in [-0.05, 0) is 30.0 Å². The van der Waals surface area contributed by atoms with Crippen molar-refractivity contribution in [1.29, 1.82) is 0 Å². The SMILES string of the molecule is NC(=O)C(c1ccccc1)N1CCN(CC(=O)N2CCCc3ccccc32)CC1. The lowest BCUT2D eigenvalue weighted by molar-refractivity contribution is -0.125. The second kappa shape index (κ2) is 8.76. The number of piperazine rings is 1. The highest BCUT2D eigenvalue weighted by molar-refractivity contribution is 5.96. The number of fused-ring (bicyclic) bond motifs is 1. The normalized spacial score (nSPS) is 18.8. The van der Waals surface area contributed by atoms with Crippen molar-refractivity contribution in [3.8, 4) is 0 Å². The summed E-state index contributed by atoms with van der Waals surface area (Å²) < 4.78 is 0. The number of carbonyl (C=O) groups excluding carboxylic acids is 2. The number of nitrogens with zero attached hydrogens (tertiary/aromatic N) is 3. The van der Waals surface area contributed by atoms with E-state index in [0.717, 1.165) is 43.7 Å². The number of carbonyl (C=O) groups is 2. The van der Waals surface area contributed by atoms with Gasteiger partial charge in [0.2, 0.25) is 11.8 Å². The Morgan fingerprint density at radius 2 is 1.59 bits per heavy atom. The van der Waals surface area contributed by atoms with E-state index in [2.05, 4.69) is 15.9 Å². The molecule has 0 radical (unpaired) electrons. The standard InChI is InChI=1S/C23H28N4O2/c24-23(29)22(19-8-2-1-3-9-19)26-15-13-25(14-16-26)17-21(28)27-12-6-10-18-7-4-5-11-20(18)27/h1-5,7-9,11,22H,6,10,12-17H2,(H2,24,29). The van der Waals surface area contributed by atoms with Gasteiger partial charge in [-0.2, -0.15) is 0 Å². The first kappa shape index (κ1) is 19.6. The molecule has 2 aromatic rings. The van der Waals surface area contributed by atoms with Gasteiger partial charge < -0.3 is 10.6 Å². The predicted molar refractivity (Wildman–Crippen MR) is 114 cm³/mol. The summed E-state index contributed by atoms with van der Waals surface area (Å²) >= 11 is 0. The minimum atomic E-state index is -0.414. The number of amides is 2. The van der Waals surface area contributed by atoms with E-state index in [4.69, 9.17) is 5.73 Å². The fraction of sp³-hybridized carbons (Fsp3) is 0.391. The topological polar surface area (TPSA) is 69.9 Å². The minimum Gasteiger partial charge on any atom is -0.368 e. The molecule has 4 rings (SSSR count). The van der Waals surface area contributed by atoms with Gasteiger partial charge in [0.15, 0.2) is 0 Å². The number of nitrogens with two attached hydrogens (primary N) is 1. The maximum absolute atomic E-state index is 13.0. The largest absolute Gasteiger partial charge is 0.368 e. The third kappa shape index (κ3) is 4.33. The summed E-state index contributed by atoms with van der Waals surface area (Å²) in [6, 6.07) is 17.5. The Bertz CT molecular complexity index is 862. The zero-order valence-electron chi connectivity index (χ0n) is 16.7.